The third kappa shape index (κ3) is 6.32. The van der Waals surface area contributed by atoms with Gasteiger partial charge >= 0.3 is 0 Å². The summed E-state index contributed by atoms with van der Waals surface area (Å²) < 4.78 is 0. The summed E-state index contributed by atoms with van der Waals surface area (Å²) in [6, 6.07) is 2.26. The minimum absolute atomic E-state index is 0.873. The molecular formula is C15H26S. The van der Waals surface area contributed by atoms with Crippen molar-refractivity contribution in [3.63, 3.8) is 0 Å². The Morgan fingerprint density at radius 3 is 2.44 bits per heavy atom. The fourth-order valence-corrected chi connectivity index (χ4v) is 2.81. The van der Waals surface area contributed by atoms with E-state index in [0.717, 1.165) is 11.8 Å². The highest BCUT2D eigenvalue weighted by atomic mass is 32.1. The van der Waals surface area contributed by atoms with Crippen LogP contribution in [-0.4, -0.2) is 0 Å². The average Bonchev–Trinajstić information content (AvgIpc) is 2.70. The Balaban J connectivity index is 2.00. The van der Waals surface area contributed by atoms with Crippen molar-refractivity contribution in [2.75, 3.05) is 0 Å². The molecule has 1 aromatic heterocycles. The first-order valence-corrected chi connectivity index (χ1v) is 7.64. The molecule has 1 heteroatoms. The second-order valence-electron chi connectivity index (χ2n) is 5.45. The molecule has 0 saturated carbocycles. The van der Waals surface area contributed by atoms with E-state index in [0.29, 0.717) is 0 Å². The maximum atomic E-state index is 2.41. The van der Waals surface area contributed by atoms with Crippen LogP contribution in [0.5, 0.6) is 0 Å². The summed E-state index contributed by atoms with van der Waals surface area (Å²) in [4.78, 5) is 0. The summed E-state index contributed by atoms with van der Waals surface area (Å²) in [5.41, 5.74) is 1.53. The van der Waals surface area contributed by atoms with E-state index >= 15 is 0 Å². The predicted octanol–water partition coefficient (Wildman–Crippen LogP) is 5.53. The maximum Gasteiger partial charge on any atom is -0.00613 e. The molecule has 0 N–H and O–H groups in total. The molecule has 0 bridgehead atoms. The SMILES string of the molecule is CC(C)CCC[C@H](C)CCCc1ccsc1. The Morgan fingerprint density at radius 2 is 1.81 bits per heavy atom. The van der Waals surface area contributed by atoms with E-state index in [2.05, 4.69) is 37.6 Å². The normalized spacial score (nSPS) is 13.2. The standard InChI is InChI=1S/C15H26S/c1-13(2)6-4-7-14(3)8-5-9-15-10-11-16-12-15/h10-14H,4-9H2,1-3H3/t14-/m0/s1. The van der Waals surface area contributed by atoms with E-state index in [1.807, 2.05) is 11.3 Å². The zero-order chi connectivity index (χ0) is 11.8. The van der Waals surface area contributed by atoms with Crippen LogP contribution in [0.3, 0.4) is 0 Å². The molecule has 0 spiro atoms. The average molecular weight is 238 g/mol. The zero-order valence-corrected chi connectivity index (χ0v) is 11.9. The van der Waals surface area contributed by atoms with Crippen LogP contribution in [0, 0.1) is 11.8 Å². The van der Waals surface area contributed by atoms with Gasteiger partial charge in [0.2, 0.25) is 0 Å². The molecule has 0 aliphatic heterocycles. The van der Waals surface area contributed by atoms with Gasteiger partial charge in [0, 0.05) is 0 Å². The summed E-state index contributed by atoms with van der Waals surface area (Å²) in [7, 11) is 0. The summed E-state index contributed by atoms with van der Waals surface area (Å²) >= 11 is 1.82. The molecule has 0 aromatic carbocycles. The summed E-state index contributed by atoms with van der Waals surface area (Å²) in [5.74, 6) is 1.79. The third-order valence-corrected chi connectivity index (χ3v) is 3.95. The molecule has 0 aliphatic carbocycles. The van der Waals surface area contributed by atoms with E-state index in [1.165, 1.54) is 44.1 Å². The van der Waals surface area contributed by atoms with Crippen LogP contribution in [0.15, 0.2) is 16.8 Å². The van der Waals surface area contributed by atoms with Gasteiger partial charge in [0.1, 0.15) is 0 Å². The highest BCUT2D eigenvalue weighted by Crippen LogP contribution is 2.18. The number of aryl methyl sites for hydroxylation is 1. The lowest BCUT2D eigenvalue weighted by Crippen LogP contribution is -1.97. The number of hydrogen-bond donors (Lipinski definition) is 0. The lowest BCUT2D eigenvalue weighted by molar-refractivity contribution is 0.427. The fraction of sp³-hybridized carbons (Fsp3) is 0.733. The molecule has 0 radical (unpaired) electrons. The third-order valence-electron chi connectivity index (χ3n) is 3.22. The fourth-order valence-electron chi connectivity index (χ4n) is 2.11. The molecule has 0 amide bonds. The number of thiophene rings is 1. The van der Waals surface area contributed by atoms with Crippen molar-refractivity contribution in [3.8, 4) is 0 Å². The van der Waals surface area contributed by atoms with E-state index in [1.54, 1.807) is 0 Å². The summed E-state index contributed by atoms with van der Waals surface area (Å²) in [6.07, 6.45) is 8.26. The van der Waals surface area contributed by atoms with Crippen molar-refractivity contribution in [2.45, 2.75) is 59.3 Å². The molecule has 1 rings (SSSR count). The molecule has 16 heavy (non-hydrogen) atoms. The van der Waals surface area contributed by atoms with Crippen molar-refractivity contribution < 1.29 is 0 Å². The van der Waals surface area contributed by atoms with Crippen LogP contribution in [0.4, 0.5) is 0 Å². The predicted molar refractivity (Wildman–Crippen MR) is 75.1 cm³/mol. The molecule has 0 unspecified atom stereocenters. The Bertz CT molecular complexity index is 248. The van der Waals surface area contributed by atoms with Gasteiger partial charge in [-0.25, -0.2) is 0 Å². The molecule has 1 aromatic rings. The van der Waals surface area contributed by atoms with Gasteiger partial charge in [-0.05, 0) is 47.1 Å². The number of rotatable bonds is 8. The zero-order valence-electron chi connectivity index (χ0n) is 11.0. The Kier molecular flexibility index (Phi) is 6.79. The Morgan fingerprint density at radius 1 is 1.06 bits per heavy atom. The quantitative estimate of drug-likeness (QED) is 0.558. The second kappa shape index (κ2) is 7.89. The molecular weight excluding hydrogens is 212 g/mol. The van der Waals surface area contributed by atoms with E-state index in [-0.39, 0.29) is 0 Å². The van der Waals surface area contributed by atoms with Gasteiger partial charge in [0.15, 0.2) is 0 Å². The minimum Gasteiger partial charge on any atom is -0.152 e. The van der Waals surface area contributed by atoms with Gasteiger partial charge < -0.3 is 0 Å². The van der Waals surface area contributed by atoms with Gasteiger partial charge in [-0.2, -0.15) is 11.3 Å². The van der Waals surface area contributed by atoms with Gasteiger partial charge in [-0.1, -0.05) is 46.5 Å². The summed E-state index contributed by atoms with van der Waals surface area (Å²) in [6.45, 7) is 7.05. The van der Waals surface area contributed by atoms with Gasteiger partial charge in [-0.15, -0.1) is 0 Å². The first kappa shape index (κ1) is 13.8. The molecule has 1 heterocycles. The first-order valence-electron chi connectivity index (χ1n) is 6.69. The van der Waals surface area contributed by atoms with E-state index < -0.39 is 0 Å². The van der Waals surface area contributed by atoms with Crippen molar-refractivity contribution in [1.82, 2.24) is 0 Å². The van der Waals surface area contributed by atoms with Crippen LogP contribution in [0.1, 0.15) is 58.4 Å². The second-order valence-corrected chi connectivity index (χ2v) is 6.23. The molecule has 0 fully saturated rings. The first-order chi connectivity index (χ1) is 7.68. The van der Waals surface area contributed by atoms with Gasteiger partial charge in [-0.3, -0.25) is 0 Å². The topological polar surface area (TPSA) is 0 Å². The molecule has 92 valence electrons. The lowest BCUT2D eigenvalue weighted by Gasteiger charge is -2.11. The lowest BCUT2D eigenvalue weighted by atomic mass is 9.95. The Labute approximate surface area is 105 Å². The van der Waals surface area contributed by atoms with E-state index in [9.17, 15) is 0 Å². The maximum absolute atomic E-state index is 2.41. The van der Waals surface area contributed by atoms with Crippen molar-refractivity contribution >= 4 is 11.3 Å². The highest BCUT2D eigenvalue weighted by molar-refractivity contribution is 7.07. The Hall–Kier alpha value is -0.300. The summed E-state index contributed by atoms with van der Waals surface area (Å²) in [5, 5.41) is 4.46. The van der Waals surface area contributed by atoms with Crippen LogP contribution in [0.25, 0.3) is 0 Å². The van der Waals surface area contributed by atoms with Crippen molar-refractivity contribution in [3.05, 3.63) is 22.4 Å². The van der Waals surface area contributed by atoms with Crippen molar-refractivity contribution in [2.24, 2.45) is 11.8 Å². The molecule has 1 atom stereocenters. The molecule has 0 nitrogen and oxygen atoms in total. The smallest absolute Gasteiger partial charge is 0.00613 e. The van der Waals surface area contributed by atoms with Gasteiger partial charge in [0.25, 0.3) is 0 Å². The van der Waals surface area contributed by atoms with Crippen LogP contribution in [0.2, 0.25) is 0 Å². The minimum atomic E-state index is 0.873. The highest BCUT2D eigenvalue weighted by Gasteiger charge is 2.03. The van der Waals surface area contributed by atoms with Gasteiger partial charge in [0.05, 0.1) is 0 Å². The molecule has 0 aliphatic rings. The van der Waals surface area contributed by atoms with E-state index in [4.69, 9.17) is 0 Å². The molecule has 0 saturated heterocycles. The largest absolute Gasteiger partial charge is 0.152 e. The van der Waals surface area contributed by atoms with Crippen LogP contribution >= 0.6 is 11.3 Å². The van der Waals surface area contributed by atoms with Crippen LogP contribution in [-0.2, 0) is 6.42 Å². The monoisotopic (exact) mass is 238 g/mol. The number of hydrogen-bond acceptors (Lipinski definition) is 1. The van der Waals surface area contributed by atoms with Crippen molar-refractivity contribution in [1.29, 1.82) is 0 Å². The van der Waals surface area contributed by atoms with Crippen LogP contribution < -0.4 is 0 Å².